The summed E-state index contributed by atoms with van der Waals surface area (Å²) in [5, 5.41) is 0. The number of fused-ring (bicyclic) bond motifs is 2. The first-order valence-electron chi connectivity index (χ1n) is 22.7. The maximum atomic E-state index is 11.8. The molecule has 0 spiro atoms. The van der Waals surface area contributed by atoms with Crippen LogP contribution in [-0.4, -0.2) is 109 Å². The molecule has 10 aliphatic rings. The van der Waals surface area contributed by atoms with Crippen LogP contribution in [-0.2, 0) is 80.2 Å². The summed E-state index contributed by atoms with van der Waals surface area (Å²) in [5.74, 6) is 1.30. The van der Waals surface area contributed by atoms with Crippen molar-refractivity contribution in [2.45, 2.75) is 124 Å². The Balaban J connectivity index is 0.000000168. The molecule has 12 rings (SSSR count). The molecule has 6 heterocycles. The SMILES string of the molecule is O=C(CS(=O)(=O)[O-])OC1C2CC3CC(C2)C(=O)OC1C3.O=C(CS(=O)(=O)[O-])OC1C2CC3CC(C2)C(=O)OC1C3.[Br-].[Na+].c1ccc([S+]2CCCCC2)cc1.c1ccc([S+]2CCCCC2)cc1. The first kappa shape index (κ1) is 55.2. The minimum Gasteiger partial charge on any atom is -1.00 e. The van der Waals surface area contributed by atoms with E-state index in [4.69, 9.17) is 18.9 Å². The van der Waals surface area contributed by atoms with Gasteiger partial charge in [0.05, 0.1) is 11.8 Å². The van der Waals surface area contributed by atoms with Gasteiger partial charge in [-0.1, -0.05) is 36.4 Å². The molecular weight excluding hydrogens is 1010 g/mol. The van der Waals surface area contributed by atoms with Gasteiger partial charge in [-0.3, -0.25) is 19.2 Å². The summed E-state index contributed by atoms with van der Waals surface area (Å²) in [5.41, 5.74) is 0. The maximum absolute atomic E-state index is 11.8. The second-order valence-electron chi connectivity index (χ2n) is 18.3. The second-order valence-corrected chi connectivity index (χ2v) is 25.7. The molecule has 6 saturated heterocycles. The van der Waals surface area contributed by atoms with Crippen LogP contribution in [0.3, 0.4) is 0 Å². The molecular formula is C46H60BrNaO14S4. The topological polar surface area (TPSA) is 220 Å². The molecule has 4 saturated carbocycles. The van der Waals surface area contributed by atoms with Gasteiger partial charge < -0.3 is 45.0 Å². The molecule has 0 N–H and O–H groups in total. The first-order valence-corrected chi connectivity index (χ1v) is 29.0. The van der Waals surface area contributed by atoms with Crippen LogP contribution in [0.25, 0.3) is 0 Å². The number of hydrogen-bond acceptors (Lipinski definition) is 14. The van der Waals surface area contributed by atoms with Crippen LogP contribution in [0.2, 0.25) is 0 Å². The smallest absolute Gasteiger partial charge is 1.00 e. The fourth-order valence-corrected chi connectivity index (χ4v) is 16.3. The van der Waals surface area contributed by atoms with Gasteiger partial charge in [-0.15, -0.1) is 0 Å². The minimum atomic E-state index is -4.65. The molecule has 0 amide bonds. The Morgan fingerprint density at radius 2 is 0.894 bits per heavy atom. The zero-order valence-corrected chi connectivity index (χ0v) is 44.3. The van der Waals surface area contributed by atoms with Crippen molar-refractivity contribution in [2.75, 3.05) is 34.5 Å². The van der Waals surface area contributed by atoms with E-state index in [1.807, 2.05) is 0 Å². The third-order valence-corrected chi connectivity index (χ3v) is 19.7. The van der Waals surface area contributed by atoms with Crippen LogP contribution in [0.5, 0.6) is 0 Å². The number of esters is 4. The van der Waals surface area contributed by atoms with Crippen molar-refractivity contribution in [1.82, 2.24) is 0 Å². The Labute approximate surface area is 427 Å². The first-order chi connectivity index (χ1) is 30.6. The van der Waals surface area contributed by atoms with E-state index in [-0.39, 0.29) is 82.1 Å². The maximum Gasteiger partial charge on any atom is 1.00 e. The van der Waals surface area contributed by atoms with Crippen molar-refractivity contribution < 1.29 is 111 Å². The molecule has 20 heteroatoms. The summed E-state index contributed by atoms with van der Waals surface area (Å²) < 4.78 is 84.3. The molecule has 6 aliphatic heterocycles. The van der Waals surface area contributed by atoms with Crippen molar-refractivity contribution in [3.63, 3.8) is 0 Å². The van der Waals surface area contributed by atoms with Gasteiger partial charge in [-0.05, 0) is 126 Å². The Morgan fingerprint density at radius 3 is 1.23 bits per heavy atom. The number of rotatable bonds is 8. The summed E-state index contributed by atoms with van der Waals surface area (Å²) in [6, 6.07) is 22.0. The summed E-state index contributed by atoms with van der Waals surface area (Å²) in [7, 11) is -8.12. The van der Waals surface area contributed by atoms with Gasteiger partial charge in [0.1, 0.15) is 79.2 Å². The van der Waals surface area contributed by atoms with Crippen LogP contribution in [0.4, 0.5) is 0 Å². The van der Waals surface area contributed by atoms with Crippen molar-refractivity contribution in [2.24, 2.45) is 35.5 Å². The molecule has 10 fully saturated rings. The van der Waals surface area contributed by atoms with Crippen molar-refractivity contribution in [3.05, 3.63) is 60.7 Å². The molecule has 0 radical (unpaired) electrons. The van der Waals surface area contributed by atoms with E-state index in [1.54, 1.807) is 9.79 Å². The Kier molecular flexibility index (Phi) is 21.3. The van der Waals surface area contributed by atoms with Crippen LogP contribution < -0.4 is 46.5 Å². The summed E-state index contributed by atoms with van der Waals surface area (Å²) in [6.45, 7) is 0. The zero-order valence-electron chi connectivity index (χ0n) is 37.4. The molecule has 0 aromatic heterocycles. The normalized spacial score (nSPS) is 30.8. The number of ether oxygens (including phenoxy) is 4. The Bertz CT molecular complexity index is 1990. The van der Waals surface area contributed by atoms with E-state index in [1.165, 1.54) is 61.5 Å². The van der Waals surface area contributed by atoms with E-state index in [0.717, 1.165) is 25.7 Å². The molecule has 2 aromatic carbocycles. The van der Waals surface area contributed by atoms with Crippen LogP contribution in [0.15, 0.2) is 70.5 Å². The van der Waals surface area contributed by atoms with Gasteiger partial charge in [0.15, 0.2) is 9.79 Å². The number of benzene rings is 2. The zero-order chi connectivity index (χ0) is 45.4. The monoisotopic (exact) mass is 1070 g/mol. The van der Waals surface area contributed by atoms with Gasteiger partial charge in [0, 0.05) is 33.6 Å². The molecule has 360 valence electrons. The Morgan fingerprint density at radius 1 is 0.545 bits per heavy atom. The van der Waals surface area contributed by atoms with E-state index in [2.05, 4.69) is 60.7 Å². The molecule has 14 nitrogen and oxygen atoms in total. The van der Waals surface area contributed by atoms with Crippen LogP contribution in [0.1, 0.15) is 89.9 Å². The quantitative estimate of drug-likeness (QED) is 0.105. The summed E-state index contributed by atoms with van der Waals surface area (Å²) in [6.07, 6.45) is 12.3. The van der Waals surface area contributed by atoms with Gasteiger partial charge >= 0.3 is 53.4 Å². The summed E-state index contributed by atoms with van der Waals surface area (Å²) in [4.78, 5) is 49.8. The molecule has 66 heavy (non-hydrogen) atoms. The molecule has 10 unspecified atom stereocenters. The standard InChI is InChI=1S/2C12H16O7S.2C11H15S.BrH.Na/c2*13-10(5-20(15,16)17)19-11-7-1-6-2-8(4-7)12(14)18-9(11)3-6;2*1-3-7-11(8-4-1)12-9-5-2-6-10-12;;/h2*6-9,11H,1-5H2,(H,15,16,17);2*1,3-4,7-8H,2,5-6,9-10H2;1H;/q;;2*+1;;+1/p-3. The van der Waals surface area contributed by atoms with Gasteiger partial charge in [-0.2, -0.15) is 0 Å². The van der Waals surface area contributed by atoms with E-state index in [0.29, 0.717) is 59.3 Å². The van der Waals surface area contributed by atoms with Gasteiger partial charge in [0.2, 0.25) is 0 Å². The predicted molar refractivity (Wildman–Crippen MR) is 238 cm³/mol. The minimum absolute atomic E-state index is 0. The van der Waals surface area contributed by atoms with Crippen LogP contribution in [0, 0.1) is 35.5 Å². The largest absolute Gasteiger partial charge is 1.00 e. The summed E-state index contributed by atoms with van der Waals surface area (Å²) >= 11 is 0. The number of halogens is 1. The fourth-order valence-electron chi connectivity index (χ4n) is 10.9. The predicted octanol–water partition coefficient (Wildman–Crippen LogP) is -0.687. The third kappa shape index (κ3) is 16.2. The number of carbonyl (C=O) groups excluding carboxylic acids is 4. The van der Waals surface area contributed by atoms with E-state index < -0.39 is 68.1 Å². The second kappa shape index (κ2) is 25.4. The Hall–Kier alpha value is -1.68. The number of carbonyl (C=O) groups is 4. The number of hydrogen-bond donors (Lipinski definition) is 0. The van der Waals surface area contributed by atoms with Crippen molar-refractivity contribution in [1.29, 1.82) is 0 Å². The third-order valence-electron chi connectivity index (χ3n) is 13.5. The molecule has 8 bridgehead atoms. The van der Waals surface area contributed by atoms with E-state index in [9.17, 15) is 45.1 Å². The average molecular weight is 1070 g/mol. The van der Waals surface area contributed by atoms with Gasteiger partial charge in [-0.25, -0.2) is 16.8 Å². The van der Waals surface area contributed by atoms with Crippen molar-refractivity contribution in [3.8, 4) is 0 Å². The van der Waals surface area contributed by atoms with Crippen LogP contribution >= 0.6 is 0 Å². The molecule has 4 aliphatic carbocycles. The van der Waals surface area contributed by atoms with Crippen molar-refractivity contribution >= 4 is 65.9 Å². The fraction of sp³-hybridized carbons (Fsp3) is 0.652. The average Bonchev–Trinajstić information content (AvgIpc) is 3.53. The molecule has 2 aromatic rings. The van der Waals surface area contributed by atoms with E-state index >= 15 is 0 Å². The van der Waals surface area contributed by atoms with Gasteiger partial charge in [0.25, 0.3) is 0 Å². The molecule has 10 atom stereocenters.